The van der Waals surface area contributed by atoms with E-state index < -0.39 is 0 Å². The Balaban J connectivity index is 0.000000924. The quantitative estimate of drug-likeness (QED) is 0.808. The summed E-state index contributed by atoms with van der Waals surface area (Å²) in [6, 6.07) is 8.69. The molecule has 2 aliphatic heterocycles. The molecule has 3 rings (SSSR count). The molecular formula is C21H29NO. The van der Waals surface area contributed by atoms with Gasteiger partial charge in [0.1, 0.15) is 0 Å². The van der Waals surface area contributed by atoms with Crippen LogP contribution in [0.2, 0.25) is 0 Å². The third-order valence-corrected chi connectivity index (χ3v) is 4.21. The van der Waals surface area contributed by atoms with E-state index in [0.29, 0.717) is 6.10 Å². The van der Waals surface area contributed by atoms with Gasteiger partial charge in [-0.05, 0) is 48.5 Å². The Labute approximate surface area is 140 Å². The molecule has 1 fully saturated rings. The number of dihydropyridines is 1. The highest BCUT2D eigenvalue weighted by Crippen LogP contribution is 2.25. The molecule has 0 amide bonds. The predicted octanol–water partition coefficient (Wildman–Crippen LogP) is 5.19. The molecule has 1 saturated heterocycles. The first-order chi connectivity index (χ1) is 11.3. The van der Waals surface area contributed by atoms with Gasteiger partial charge in [-0.2, -0.15) is 0 Å². The first-order valence-electron chi connectivity index (χ1n) is 8.84. The van der Waals surface area contributed by atoms with Crippen LogP contribution in [-0.2, 0) is 4.74 Å². The molecule has 0 radical (unpaired) electrons. The van der Waals surface area contributed by atoms with Crippen LogP contribution in [0.3, 0.4) is 0 Å². The van der Waals surface area contributed by atoms with E-state index in [-0.39, 0.29) is 0 Å². The van der Waals surface area contributed by atoms with E-state index in [2.05, 4.69) is 54.4 Å². The minimum Gasteiger partial charge on any atom is -0.381 e. The van der Waals surface area contributed by atoms with Crippen molar-refractivity contribution in [3.63, 3.8) is 0 Å². The SMILES string of the molecule is C=C(CCC1CCCO1)c1ccc(C2=CC=CCN2)cc1.CC. The summed E-state index contributed by atoms with van der Waals surface area (Å²) in [6.07, 6.45) is 11.3. The molecule has 1 unspecified atom stereocenters. The second-order valence-electron chi connectivity index (χ2n) is 5.74. The van der Waals surface area contributed by atoms with Crippen molar-refractivity contribution in [1.29, 1.82) is 0 Å². The molecule has 0 aromatic heterocycles. The first-order valence-corrected chi connectivity index (χ1v) is 8.84. The van der Waals surface area contributed by atoms with Crippen molar-refractivity contribution >= 4 is 11.3 Å². The fraction of sp³-hybridized carbons (Fsp3) is 0.429. The van der Waals surface area contributed by atoms with Crippen molar-refractivity contribution in [2.24, 2.45) is 0 Å². The van der Waals surface area contributed by atoms with E-state index in [1.807, 2.05) is 13.8 Å². The smallest absolute Gasteiger partial charge is 0.0579 e. The zero-order valence-corrected chi connectivity index (χ0v) is 14.5. The minimum absolute atomic E-state index is 0.449. The van der Waals surface area contributed by atoms with Crippen LogP contribution in [-0.4, -0.2) is 19.3 Å². The third kappa shape index (κ3) is 5.11. The molecule has 2 nitrogen and oxygen atoms in total. The summed E-state index contributed by atoms with van der Waals surface area (Å²) in [7, 11) is 0. The van der Waals surface area contributed by atoms with Crippen LogP contribution >= 0.6 is 0 Å². The molecule has 23 heavy (non-hydrogen) atoms. The largest absolute Gasteiger partial charge is 0.381 e. The van der Waals surface area contributed by atoms with Crippen LogP contribution < -0.4 is 5.32 Å². The summed E-state index contributed by atoms with van der Waals surface area (Å²) < 4.78 is 5.67. The van der Waals surface area contributed by atoms with Crippen LogP contribution in [0, 0.1) is 0 Å². The standard InChI is InChI=1S/C19H23NO.C2H6/c1-15(7-12-18-5-4-14-21-18)16-8-10-17(11-9-16)19-6-2-3-13-20-19;1-2/h2-3,6,8-11,18,20H,1,4-5,7,12-14H2;1-2H3. The van der Waals surface area contributed by atoms with Crippen LogP contribution in [0.5, 0.6) is 0 Å². The highest BCUT2D eigenvalue weighted by Gasteiger charge is 2.15. The zero-order valence-electron chi connectivity index (χ0n) is 14.5. The second kappa shape index (κ2) is 9.36. The maximum Gasteiger partial charge on any atom is 0.0579 e. The van der Waals surface area contributed by atoms with Crippen LogP contribution in [0.15, 0.2) is 49.1 Å². The van der Waals surface area contributed by atoms with Gasteiger partial charge in [0, 0.05) is 18.8 Å². The van der Waals surface area contributed by atoms with Crippen LogP contribution in [0.4, 0.5) is 0 Å². The molecule has 2 aliphatic rings. The molecule has 0 aliphatic carbocycles. The number of allylic oxidation sites excluding steroid dienone is 3. The van der Waals surface area contributed by atoms with Gasteiger partial charge in [0.15, 0.2) is 0 Å². The predicted molar refractivity (Wildman–Crippen MR) is 100 cm³/mol. The highest BCUT2D eigenvalue weighted by molar-refractivity contribution is 5.70. The van der Waals surface area contributed by atoms with Crippen LogP contribution in [0.25, 0.3) is 11.3 Å². The van der Waals surface area contributed by atoms with Crippen molar-refractivity contribution in [3.05, 3.63) is 60.2 Å². The molecule has 2 heterocycles. The Morgan fingerprint density at radius 3 is 2.65 bits per heavy atom. The fourth-order valence-corrected chi connectivity index (χ4v) is 2.90. The lowest BCUT2D eigenvalue weighted by atomic mass is 9.98. The van der Waals surface area contributed by atoms with Gasteiger partial charge in [-0.1, -0.05) is 56.8 Å². The number of nitrogens with one attached hydrogen (secondary N) is 1. The fourth-order valence-electron chi connectivity index (χ4n) is 2.90. The summed E-state index contributed by atoms with van der Waals surface area (Å²) in [4.78, 5) is 0. The third-order valence-electron chi connectivity index (χ3n) is 4.21. The van der Waals surface area contributed by atoms with E-state index in [9.17, 15) is 0 Å². The molecule has 0 bridgehead atoms. The van der Waals surface area contributed by atoms with Crippen molar-refractivity contribution in [3.8, 4) is 0 Å². The molecular weight excluding hydrogens is 282 g/mol. The summed E-state index contributed by atoms with van der Waals surface area (Å²) in [6.45, 7) is 10.1. The zero-order chi connectivity index (χ0) is 16.5. The molecule has 1 N–H and O–H groups in total. The molecule has 2 heteroatoms. The van der Waals surface area contributed by atoms with Crippen molar-refractivity contribution in [2.45, 2.75) is 45.6 Å². The van der Waals surface area contributed by atoms with Gasteiger partial charge in [-0.3, -0.25) is 0 Å². The second-order valence-corrected chi connectivity index (χ2v) is 5.74. The number of benzene rings is 1. The maximum atomic E-state index is 5.67. The summed E-state index contributed by atoms with van der Waals surface area (Å²) in [5.41, 5.74) is 4.87. The van der Waals surface area contributed by atoms with Gasteiger partial charge >= 0.3 is 0 Å². The van der Waals surface area contributed by atoms with E-state index >= 15 is 0 Å². The van der Waals surface area contributed by atoms with Crippen molar-refractivity contribution in [2.75, 3.05) is 13.2 Å². The summed E-state index contributed by atoms with van der Waals surface area (Å²) in [5.74, 6) is 0. The lowest BCUT2D eigenvalue weighted by molar-refractivity contribution is 0.105. The Morgan fingerprint density at radius 1 is 1.26 bits per heavy atom. The van der Waals surface area contributed by atoms with E-state index in [1.165, 1.54) is 35.2 Å². The van der Waals surface area contributed by atoms with Gasteiger partial charge < -0.3 is 10.1 Å². The lowest BCUT2D eigenvalue weighted by Gasteiger charge is -2.14. The normalized spacial score (nSPS) is 19.4. The Bertz CT molecular complexity index is 548. The Hall–Kier alpha value is -1.80. The minimum atomic E-state index is 0.449. The highest BCUT2D eigenvalue weighted by atomic mass is 16.5. The molecule has 124 valence electrons. The average Bonchev–Trinajstić information content (AvgIpc) is 3.16. The first kappa shape index (κ1) is 17.6. The number of hydrogen-bond donors (Lipinski definition) is 1. The van der Waals surface area contributed by atoms with E-state index in [0.717, 1.165) is 26.0 Å². The number of rotatable bonds is 5. The van der Waals surface area contributed by atoms with Gasteiger partial charge in [-0.15, -0.1) is 0 Å². The maximum absolute atomic E-state index is 5.67. The number of hydrogen-bond acceptors (Lipinski definition) is 2. The van der Waals surface area contributed by atoms with Gasteiger partial charge in [0.2, 0.25) is 0 Å². The Kier molecular flexibility index (Phi) is 7.15. The molecule has 0 saturated carbocycles. The number of ether oxygens (including phenoxy) is 1. The summed E-state index contributed by atoms with van der Waals surface area (Å²) in [5, 5.41) is 3.38. The van der Waals surface area contributed by atoms with Gasteiger partial charge in [-0.25, -0.2) is 0 Å². The molecule has 1 aromatic rings. The van der Waals surface area contributed by atoms with Gasteiger partial charge in [0.25, 0.3) is 0 Å². The van der Waals surface area contributed by atoms with Crippen molar-refractivity contribution < 1.29 is 4.74 Å². The van der Waals surface area contributed by atoms with Crippen molar-refractivity contribution in [1.82, 2.24) is 5.32 Å². The monoisotopic (exact) mass is 311 g/mol. The lowest BCUT2D eigenvalue weighted by Crippen LogP contribution is -2.14. The van der Waals surface area contributed by atoms with E-state index in [1.54, 1.807) is 0 Å². The summed E-state index contributed by atoms with van der Waals surface area (Å²) >= 11 is 0. The Morgan fingerprint density at radius 2 is 2.04 bits per heavy atom. The average molecular weight is 311 g/mol. The van der Waals surface area contributed by atoms with Crippen LogP contribution in [0.1, 0.15) is 50.7 Å². The molecule has 0 spiro atoms. The molecule has 1 atom stereocenters. The topological polar surface area (TPSA) is 21.3 Å². The van der Waals surface area contributed by atoms with Gasteiger partial charge in [0.05, 0.1) is 6.10 Å². The van der Waals surface area contributed by atoms with E-state index in [4.69, 9.17) is 4.74 Å². The molecule has 1 aromatic carbocycles.